The lowest BCUT2D eigenvalue weighted by atomic mass is 10.1. The molecule has 0 radical (unpaired) electrons. The molecule has 9 nitrogen and oxygen atoms in total. The molecule has 1 atom stereocenters. The molecule has 198 valence electrons. The predicted molar refractivity (Wildman–Crippen MR) is 141 cm³/mol. The number of nitrogens with zero attached hydrogens (tertiary/aromatic N) is 2. The summed E-state index contributed by atoms with van der Waals surface area (Å²) in [5, 5.41) is 2.90. The summed E-state index contributed by atoms with van der Waals surface area (Å²) in [4.78, 5) is 28.2. The molecule has 2 aromatic carbocycles. The molecule has 0 saturated heterocycles. The highest BCUT2D eigenvalue weighted by molar-refractivity contribution is 7.92. The molecule has 2 aromatic rings. The fourth-order valence-corrected chi connectivity index (χ4v) is 4.64. The quantitative estimate of drug-likeness (QED) is 0.385. The number of ether oxygens (including phenoxy) is 2. The average Bonchev–Trinajstić information content (AvgIpc) is 2.86. The SMILES string of the molecule is CCCCNC(=O)[C@H](CC)N(Cc1ccc(OC)cc1)C(=O)CN(c1ccccc1OC)S(C)(=O)=O. The molecular weight excluding hydrogens is 482 g/mol. The van der Waals surface area contributed by atoms with Crippen molar-refractivity contribution in [3.63, 3.8) is 0 Å². The van der Waals surface area contributed by atoms with Crippen molar-refractivity contribution in [3.8, 4) is 11.5 Å². The molecule has 1 N–H and O–H groups in total. The molecule has 0 aliphatic rings. The highest BCUT2D eigenvalue weighted by Crippen LogP contribution is 2.29. The van der Waals surface area contributed by atoms with Gasteiger partial charge in [0.25, 0.3) is 0 Å². The second-order valence-corrected chi connectivity index (χ2v) is 10.3. The van der Waals surface area contributed by atoms with Crippen molar-refractivity contribution in [1.29, 1.82) is 0 Å². The Hall–Kier alpha value is -3.27. The summed E-state index contributed by atoms with van der Waals surface area (Å²) < 4.78 is 37.0. The van der Waals surface area contributed by atoms with Crippen LogP contribution in [0, 0.1) is 0 Å². The Morgan fingerprint density at radius 3 is 2.22 bits per heavy atom. The summed E-state index contributed by atoms with van der Waals surface area (Å²) >= 11 is 0. The molecule has 0 saturated carbocycles. The Balaban J connectivity index is 2.43. The van der Waals surface area contributed by atoms with Crippen LogP contribution in [0.15, 0.2) is 48.5 Å². The van der Waals surface area contributed by atoms with Crippen LogP contribution in [0.25, 0.3) is 0 Å². The van der Waals surface area contributed by atoms with E-state index in [1.165, 1.54) is 12.0 Å². The second-order valence-electron chi connectivity index (χ2n) is 8.38. The van der Waals surface area contributed by atoms with Crippen molar-refractivity contribution in [2.24, 2.45) is 0 Å². The molecule has 0 unspecified atom stereocenters. The minimum atomic E-state index is -3.84. The van der Waals surface area contributed by atoms with Gasteiger partial charge in [0.05, 0.1) is 26.2 Å². The first kappa shape index (κ1) is 29.0. The lowest BCUT2D eigenvalue weighted by Crippen LogP contribution is -2.52. The Morgan fingerprint density at radius 2 is 1.67 bits per heavy atom. The zero-order valence-corrected chi connectivity index (χ0v) is 22.5. The van der Waals surface area contributed by atoms with Gasteiger partial charge in [0.15, 0.2) is 0 Å². The van der Waals surface area contributed by atoms with Gasteiger partial charge in [0.2, 0.25) is 21.8 Å². The minimum absolute atomic E-state index is 0.131. The van der Waals surface area contributed by atoms with Crippen molar-refractivity contribution < 1.29 is 27.5 Å². The molecule has 0 aliphatic heterocycles. The fraction of sp³-hybridized carbons (Fsp3) is 0.462. The number of hydrogen-bond acceptors (Lipinski definition) is 6. The van der Waals surface area contributed by atoms with Crippen LogP contribution in [-0.2, 0) is 26.2 Å². The van der Waals surface area contributed by atoms with Crippen LogP contribution in [0.3, 0.4) is 0 Å². The predicted octanol–water partition coefficient (Wildman–Crippen LogP) is 3.19. The number of anilines is 1. The Labute approximate surface area is 214 Å². The number of unbranched alkanes of at least 4 members (excludes halogenated alkanes) is 1. The number of carbonyl (C=O) groups excluding carboxylic acids is 2. The number of benzene rings is 2. The highest BCUT2D eigenvalue weighted by atomic mass is 32.2. The maximum atomic E-state index is 13.7. The Kier molecular flexibility index (Phi) is 11.0. The van der Waals surface area contributed by atoms with Gasteiger partial charge >= 0.3 is 0 Å². The third-order valence-electron chi connectivity index (χ3n) is 5.76. The molecular formula is C26H37N3O6S. The van der Waals surface area contributed by atoms with Crippen molar-refractivity contribution >= 4 is 27.5 Å². The third-order valence-corrected chi connectivity index (χ3v) is 6.89. The van der Waals surface area contributed by atoms with Crippen LogP contribution < -0.4 is 19.1 Å². The topological polar surface area (TPSA) is 105 Å². The molecule has 2 amide bonds. The number of methoxy groups -OCH3 is 2. The normalized spacial score (nSPS) is 11.9. The van der Waals surface area contributed by atoms with Crippen LogP contribution in [0.2, 0.25) is 0 Å². The first-order valence-corrected chi connectivity index (χ1v) is 13.8. The second kappa shape index (κ2) is 13.7. The van der Waals surface area contributed by atoms with Crippen molar-refractivity contribution in [3.05, 3.63) is 54.1 Å². The van der Waals surface area contributed by atoms with Crippen LogP contribution >= 0.6 is 0 Å². The summed E-state index contributed by atoms with van der Waals surface area (Å²) in [6, 6.07) is 13.0. The molecule has 0 spiro atoms. The molecule has 2 rings (SSSR count). The Bertz CT molecular complexity index is 1100. The van der Waals surface area contributed by atoms with Crippen molar-refractivity contribution in [1.82, 2.24) is 10.2 Å². The summed E-state index contributed by atoms with van der Waals surface area (Å²) in [7, 11) is -0.841. The minimum Gasteiger partial charge on any atom is -0.497 e. The van der Waals surface area contributed by atoms with Gasteiger partial charge in [-0.25, -0.2) is 8.42 Å². The maximum absolute atomic E-state index is 13.7. The van der Waals surface area contributed by atoms with E-state index < -0.39 is 28.5 Å². The fourth-order valence-electron chi connectivity index (χ4n) is 3.78. The molecule has 0 heterocycles. The monoisotopic (exact) mass is 519 g/mol. The molecule has 36 heavy (non-hydrogen) atoms. The van der Waals surface area contributed by atoms with E-state index in [1.807, 2.05) is 26.0 Å². The van der Waals surface area contributed by atoms with E-state index in [0.717, 1.165) is 29.0 Å². The lowest BCUT2D eigenvalue weighted by Gasteiger charge is -2.33. The van der Waals surface area contributed by atoms with E-state index in [9.17, 15) is 18.0 Å². The van der Waals surface area contributed by atoms with Crippen LogP contribution in [0.1, 0.15) is 38.7 Å². The largest absolute Gasteiger partial charge is 0.497 e. The van der Waals surface area contributed by atoms with Gasteiger partial charge in [-0.05, 0) is 42.7 Å². The standard InChI is InChI=1S/C26H37N3O6S/c1-6-8-17-27-26(31)22(7-2)28(18-20-13-15-21(34-3)16-14-20)25(30)19-29(36(5,32)33)23-11-9-10-12-24(23)35-4/h9-16,22H,6-8,17-19H2,1-5H3,(H,27,31)/t22-/m0/s1. The van der Waals surface area contributed by atoms with Gasteiger partial charge in [-0.15, -0.1) is 0 Å². The molecule has 0 bridgehead atoms. The average molecular weight is 520 g/mol. The molecule has 0 aliphatic carbocycles. The number of rotatable bonds is 14. The van der Waals surface area contributed by atoms with Crippen molar-refractivity contribution in [2.45, 2.75) is 45.7 Å². The number of para-hydroxylation sites is 2. The van der Waals surface area contributed by atoms with Crippen LogP contribution in [0.5, 0.6) is 11.5 Å². The zero-order chi connectivity index (χ0) is 26.7. The summed E-state index contributed by atoms with van der Waals surface area (Å²) in [6.45, 7) is 4.01. The summed E-state index contributed by atoms with van der Waals surface area (Å²) in [5.74, 6) is 0.220. The third kappa shape index (κ3) is 7.87. The molecule has 0 fully saturated rings. The first-order valence-electron chi connectivity index (χ1n) is 12.0. The zero-order valence-electron chi connectivity index (χ0n) is 21.7. The summed E-state index contributed by atoms with van der Waals surface area (Å²) in [5.41, 5.74) is 1.04. The first-order chi connectivity index (χ1) is 17.2. The van der Waals surface area contributed by atoms with E-state index in [1.54, 1.807) is 43.5 Å². The number of carbonyl (C=O) groups is 2. The van der Waals surface area contributed by atoms with Crippen LogP contribution in [-0.4, -0.2) is 64.7 Å². The highest BCUT2D eigenvalue weighted by Gasteiger charge is 2.32. The molecule has 0 aromatic heterocycles. The lowest BCUT2D eigenvalue weighted by molar-refractivity contribution is -0.140. The molecule has 10 heteroatoms. The van der Waals surface area contributed by atoms with Crippen molar-refractivity contribution in [2.75, 3.05) is 37.9 Å². The maximum Gasteiger partial charge on any atom is 0.244 e. The van der Waals surface area contributed by atoms with Gasteiger partial charge in [0, 0.05) is 13.1 Å². The van der Waals surface area contributed by atoms with E-state index in [2.05, 4.69) is 5.32 Å². The van der Waals surface area contributed by atoms with E-state index >= 15 is 0 Å². The van der Waals surface area contributed by atoms with Crippen LogP contribution in [0.4, 0.5) is 5.69 Å². The van der Waals surface area contributed by atoms with Gasteiger partial charge in [-0.1, -0.05) is 44.5 Å². The van der Waals surface area contributed by atoms with Gasteiger partial charge in [-0.3, -0.25) is 13.9 Å². The van der Waals surface area contributed by atoms with Gasteiger partial charge in [-0.2, -0.15) is 0 Å². The number of amides is 2. The number of nitrogens with one attached hydrogen (secondary N) is 1. The van der Waals surface area contributed by atoms with Gasteiger partial charge < -0.3 is 19.7 Å². The summed E-state index contributed by atoms with van der Waals surface area (Å²) in [6.07, 6.45) is 3.15. The van der Waals surface area contributed by atoms with E-state index in [4.69, 9.17) is 9.47 Å². The number of sulfonamides is 1. The van der Waals surface area contributed by atoms with E-state index in [0.29, 0.717) is 24.5 Å². The Morgan fingerprint density at radius 1 is 1.00 bits per heavy atom. The van der Waals surface area contributed by atoms with Gasteiger partial charge in [0.1, 0.15) is 24.1 Å². The smallest absolute Gasteiger partial charge is 0.244 e. The number of hydrogen-bond donors (Lipinski definition) is 1. The van der Waals surface area contributed by atoms with E-state index in [-0.39, 0.29) is 18.1 Å².